The molecule has 0 saturated carbocycles. The predicted octanol–water partition coefficient (Wildman–Crippen LogP) is 2.97. The molecule has 8 heteroatoms. The number of aryl methyl sites for hydroxylation is 1. The molecule has 8 nitrogen and oxygen atoms in total. The molecule has 1 aromatic heterocycles. The van der Waals surface area contributed by atoms with Gasteiger partial charge in [0.15, 0.2) is 0 Å². The Morgan fingerprint density at radius 2 is 1.48 bits per heavy atom. The number of hydrogen-bond acceptors (Lipinski definition) is 6. The summed E-state index contributed by atoms with van der Waals surface area (Å²) in [5.74, 6) is 0.537. The van der Waals surface area contributed by atoms with Crippen molar-refractivity contribution < 1.29 is 19.1 Å². The molecule has 0 bridgehead atoms. The lowest BCUT2D eigenvalue weighted by Gasteiger charge is -2.28. The van der Waals surface area contributed by atoms with Crippen LogP contribution < -0.4 is 10.4 Å². The van der Waals surface area contributed by atoms with Crippen molar-refractivity contribution in [2.75, 3.05) is 5.01 Å². The highest BCUT2D eigenvalue weighted by Gasteiger charge is 2.27. The number of hydrazine groups is 1. The van der Waals surface area contributed by atoms with Crippen LogP contribution in [0.1, 0.15) is 47.4 Å². The number of carbonyl (C=O) groups excluding carboxylic acids is 2. The van der Waals surface area contributed by atoms with Gasteiger partial charge in [-0.3, -0.25) is 0 Å². The first-order chi connectivity index (χ1) is 10.4. The van der Waals surface area contributed by atoms with E-state index in [1.54, 1.807) is 48.5 Å². The van der Waals surface area contributed by atoms with Gasteiger partial charge in [-0.05, 0) is 48.5 Å². The van der Waals surface area contributed by atoms with E-state index >= 15 is 0 Å². The highest BCUT2D eigenvalue weighted by Crippen LogP contribution is 2.16. The van der Waals surface area contributed by atoms with Crippen molar-refractivity contribution in [3.63, 3.8) is 0 Å². The predicted molar refractivity (Wildman–Crippen MR) is 84.9 cm³/mol. The van der Waals surface area contributed by atoms with E-state index in [0.29, 0.717) is 5.82 Å². The van der Waals surface area contributed by atoms with E-state index in [4.69, 9.17) is 9.47 Å². The Morgan fingerprint density at radius 1 is 1.00 bits per heavy atom. The Labute approximate surface area is 136 Å². The molecule has 128 valence electrons. The van der Waals surface area contributed by atoms with Gasteiger partial charge in [-0.15, -0.1) is 0 Å². The number of nitrogens with zero attached hydrogens (tertiary/aromatic N) is 3. The van der Waals surface area contributed by atoms with Crippen LogP contribution in [0.2, 0.25) is 0 Å². The van der Waals surface area contributed by atoms with Crippen LogP contribution in [-0.2, 0) is 9.47 Å². The maximum absolute atomic E-state index is 12.3. The first-order valence-corrected chi connectivity index (χ1v) is 7.19. The third-order valence-electron chi connectivity index (χ3n) is 2.20. The number of amides is 2. The molecule has 0 aromatic carbocycles. The van der Waals surface area contributed by atoms with Gasteiger partial charge >= 0.3 is 12.2 Å². The van der Waals surface area contributed by atoms with Crippen molar-refractivity contribution >= 4 is 17.9 Å². The lowest BCUT2D eigenvalue weighted by atomic mass is 10.2. The Morgan fingerprint density at radius 3 is 1.91 bits per heavy atom. The Hall–Kier alpha value is -2.38. The number of nitrogens with one attached hydrogen (secondary N) is 1. The number of rotatable bonds is 1. The minimum atomic E-state index is -0.788. The van der Waals surface area contributed by atoms with Gasteiger partial charge in [0, 0.05) is 0 Å². The second-order valence-electron chi connectivity index (χ2n) is 6.92. The molecule has 0 unspecified atom stereocenters. The molecule has 0 fully saturated rings. The lowest BCUT2D eigenvalue weighted by Crippen LogP contribution is -2.50. The molecule has 0 saturated heterocycles. The third-order valence-corrected chi connectivity index (χ3v) is 2.20. The molecule has 0 aliphatic carbocycles. The average molecular weight is 324 g/mol. The fourth-order valence-corrected chi connectivity index (χ4v) is 1.42. The van der Waals surface area contributed by atoms with E-state index in [1.165, 1.54) is 12.4 Å². The molecule has 1 heterocycles. The molecule has 0 aliphatic heterocycles. The first-order valence-electron chi connectivity index (χ1n) is 7.19. The standard InChI is InChI=1S/C15H24N4O4/c1-10-16-8-11(9-17-10)19(13(21)23-15(5,6)7)18-12(20)22-14(2,3)4/h8-9H,1-7H3,(H,18,20). The van der Waals surface area contributed by atoms with E-state index < -0.39 is 23.4 Å². The van der Waals surface area contributed by atoms with Gasteiger partial charge in [0.2, 0.25) is 0 Å². The number of hydrogen-bond donors (Lipinski definition) is 1. The molecule has 1 rings (SSSR count). The fourth-order valence-electron chi connectivity index (χ4n) is 1.42. The Bertz CT molecular complexity index is 558. The zero-order valence-corrected chi connectivity index (χ0v) is 14.6. The summed E-state index contributed by atoms with van der Waals surface area (Å²) >= 11 is 0. The normalized spacial score (nSPS) is 11.6. The molecule has 1 N–H and O–H groups in total. The van der Waals surface area contributed by atoms with Gasteiger partial charge in [-0.1, -0.05) is 0 Å². The van der Waals surface area contributed by atoms with Crippen molar-refractivity contribution in [2.24, 2.45) is 0 Å². The summed E-state index contributed by atoms with van der Waals surface area (Å²) in [6.45, 7) is 12.0. The summed E-state index contributed by atoms with van der Waals surface area (Å²) in [5, 5.41) is 0.915. The molecular weight excluding hydrogens is 300 g/mol. The zero-order valence-electron chi connectivity index (χ0n) is 14.6. The monoisotopic (exact) mass is 324 g/mol. The van der Waals surface area contributed by atoms with E-state index in [-0.39, 0.29) is 5.69 Å². The maximum atomic E-state index is 12.3. The quantitative estimate of drug-likeness (QED) is 0.798. The highest BCUT2D eigenvalue weighted by atomic mass is 16.6. The number of ether oxygens (including phenoxy) is 2. The third kappa shape index (κ3) is 6.94. The summed E-state index contributed by atoms with van der Waals surface area (Å²) in [7, 11) is 0. The molecule has 0 radical (unpaired) electrons. The fraction of sp³-hybridized carbons (Fsp3) is 0.600. The van der Waals surface area contributed by atoms with Crippen molar-refractivity contribution in [1.82, 2.24) is 15.4 Å². The Kier molecular flexibility index (Phi) is 5.52. The average Bonchev–Trinajstić information content (AvgIpc) is 2.33. The van der Waals surface area contributed by atoms with E-state index in [2.05, 4.69) is 15.4 Å². The van der Waals surface area contributed by atoms with Crippen LogP contribution in [0, 0.1) is 6.92 Å². The van der Waals surface area contributed by atoms with Gasteiger partial charge in [-0.2, -0.15) is 5.01 Å². The minimum Gasteiger partial charge on any atom is -0.443 e. The van der Waals surface area contributed by atoms with Crippen LogP contribution >= 0.6 is 0 Å². The van der Waals surface area contributed by atoms with Gasteiger partial charge < -0.3 is 9.47 Å². The summed E-state index contributed by atoms with van der Waals surface area (Å²) in [5.41, 5.74) is 1.18. The van der Waals surface area contributed by atoms with Crippen LogP contribution in [0.3, 0.4) is 0 Å². The molecular formula is C15H24N4O4. The zero-order chi connectivity index (χ0) is 17.8. The van der Waals surface area contributed by atoms with Gasteiger partial charge in [0.25, 0.3) is 0 Å². The van der Waals surface area contributed by atoms with Crippen LogP contribution in [0.5, 0.6) is 0 Å². The molecule has 23 heavy (non-hydrogen) atoms. The van der Waals surface area contributed by atoms with Crippen LogP contribution in [0.4, 0.5) is 15.3 Å². The lowest BCUT2D eigenvalue weighted by molar-refractivity contribution is 0.0425. The van der Waals surface area contributed by atoms with Crippen molar-refractivity contribution in [1.29, 1.82) is 0 Å². The van der Waals surface area contributed by atoms with E-state index in [0.717, 1.165) is 5.01 Å². The van der Waals surface area contributed by atoms with Crippen molar-refractivity contribution in [2.45, 2.75) is 59.7 Å². The first kappa shape index (κ1) is 18.7. The number of aromatic nitrogens is 2. The van der Waals surface area contributed by atoms with E-state index in [1.807, 2.05) is 0 Å². The van der Waals surface area contributed by atoms with Crippen LogP contribution in [0.25, 0.3) is 0 Å². The van der Waals surface area contributed by atoms with Gasteiger partial charge in [-0.25, -0.2) is 25.0 Å². The SMILES string of the molecule is Cc1ncc(N(NC(=O)OC(C)(C)C)C(=O)OC(C)(C)C)cn1. The summed E-state index contributed by atoms with van der Waals surface area (Å²) in [6.07, 6.45) is 1.26. The molecule has 0 spiro atoms. The number of anilines is 1. The molecule has 0 atom stereocenters. The molecule has 2 amide bonds. The van der Waals surface area contributed by atoms with Crippen LogP contribution in [-0.4, -0.2) is 33.4 Å². The van der Waals surface area contributed by atoms with E-state index in [9.17, 15) is 9.59 Å². The van der Waals surface area contributed by atoms with Crippen LogP contribution in [0.15, 0.2) is 12.4 Å². The largest absolute Gasteiger partial charge is 0.443 e. The van der Waals surface area contributed by atoms with Gasteiger partial charge in [0.1, 0.15) is 22.7 Å². The van der Waals surface area contributed by atoms with Crippen molar-refractivity contribution in [3.8, 4) is 0 Å². The molecule has 0 aliphatic rings. The Balaban J connectivity index is 2.99. The maximum Gasteiger partial charge on any atom is 0.434 e. The topological polar surface area (TPSA) is 93.7 Å². The smallest absolute Gasteiger partial charge is 0.434 e. The highest BCUT2D eigenvalue weighted by molar-refractivity contribution is 5.90. The summed E-state index contributed by atoms with van der Waals surface area (Å²) in [4.78, 5) is 32.3. The molecule has 1 aromatic rings. The number of carbonyl (C=O) groups is 2. The summed E-state index contributed by atoms with van der Waals surface area (Å²) in [6, 6.07) is 0. The second kappa shape index (κ2) is 6.80. The minimum absolute atomic E-state index is 0.260. The van der Waals surface area contributed by atoms with Gasteiger partial charge in [0.05, 0.1) is 12.4 Å². The summed E-state index contributed by atoms with van der Waals surface area (Å²) < 4.78 is 10.4. The second-order valence-corrected chi connectivity index (χ2v) is 6.92. The van der Waals surface area contributed by atoms with Crippen molar-refractivity contribution in [3.05, 3.63) is 18.2 Å².